The summed E-state index contributed by atoms with van der Waals surface area (Å²) in [4.78, 5) is 53.1. The lowest BCUT2D eigenvalue weighted by Gasteiger charge is -2.35. The summed E-state index contributed by atoms with van der Waals surface area (Å²) in [5.41, 5.74) is -0.121. The van der Waals surface area contributed by atoms with E-state index in [2.05, 4.69) is 5.32 Å². The van der Waals surface area contributed by atoms with Gasteiger partial charge in [-0.05, 0) is 51.7 Å². The molecule has 1 aliphatic carbocycles. The number of carbonyl (C=O) groups is 4. The first-order chi connectivity index (χ1) is 12.6. The first-order valence-corrected chi connectivity index (χ1v) is 8.82. The Bertz CT molecular complexity index is 757. The largest absolute Gasteiger partial charge is 0.444 e. The fourth-order valence-corrected chi connectivity index (χ4v) is 3.12. The number of rotatable bonds is 4. The lowest BCUT2D eigenvalue weighted by molar-refractivity contribution is -0.170. The predicted molar refractivity (Wildman–Crippen MR) is 93.5 cm³/mol. The van der Waals surface area contributed by atoms with E-state index >= 15 is 0 Å². The van der Waals surface area contributed by atoms with Gasteiger partial charge in [-0.25, -0.2) is 9.59 Å². The molecule has 1 fully saturated rings. The summed E-state index contributed by atoms with van der Waals surface area (Å²) < 4.78 is 5.18. The van der Waals surface area contributed by atoms with Gasteiger partial charge in [0.15, 0.2) is 0 Å². The van der Waals surface area contributed by atoms with E-state index in [4.69, 9.17) is 9.57 Å². The van der Waals surface area contributed by atoms with E-state index in [0.717, 1.165) is 0 Å². The van der Waals surface area contributed by atoms with Crippen molar-refractivity contribution in [2.45, 2.75) is 51.7 Å². The molecule has 1 aromatic rings. The second-order valence-electron chi connectivity index (χ2n) is 7.80. The van der Waals surface area contributed by atoms with Crippen LogP contribution in [-0.2, 0) is 14.4 Å². The van der Waals surface area contributed by atoms with Crippen molar-refractivity contribution in [3.63, 3.8) is 0 Å². The highest BCUT2D eigenvalue weighted by Crippen LogP contribution is 2.31. The van der Waals surface area contributed by atoms with Crippen LogP contribution in [0.4, 0.5) is 4.79 Å². The molecule has 1 heterocycles. The van der Waals surface area contributed by atoms with Crippen LogP contribution in [0.2, 0.25) is 0 Å². The lowest BCUT2D eigenvalue weighted by Crippen LogP contribution is -2.47. The Labute approximate surface area is 156 Å². The molecule has 1 aliphatic heterocycles. The van der Waals surface area contributed by atoms with Crippen LogP contribution in [0.3, 0.4) is 0 Å². The van der Waals surface area contributed by atoms with Crippen molar-refractivity contribution in [3.8, 4) is 0 Å². The lowest BCUT2D eigenvalue weighted by atomic mass is 9.78. The molecule has 0 radical (unpaired) electrons. The van der Waals surface area contributed by atoms with Gasteiger partial charge in [0.1, 0.15) is 5.60 Å². The minimum atomic E-state index is -0.648. The zero-order valence-corrected chi connectivity index (χ0v) is 15.5. The molecular weight excluding hydrogens is 352 g/mol. The molecule has 1 aromatic carbocycles. The average molecular weight is 374 g/mol. The molecule has 0 aromatic heterocycles. The van der Waals surface area contributed by atoms with Crippen LogP contribution in [0, 0.1) is 5.92 Å². The molecule has 8 nitrogen and oxygen atoms in total. The third-order valence-electron chi connectivity index (χ3n) is 4.36. The van der Waals surface area contributed by atoms with E-state index in [1.54, 1.807) is 32.9 Å². The van der Waals surface area contributed by atoms with Gasteiger partial charge in [-0.3, -0.25) is 9.59 Å². The normalized spacial score (nSPS) is 21.4. The Morgan fingerprint density at radius 2 is 1.67 bits per heavy atom. The van der Waals surface area contributed by atoms with Gasteiger partial charge in [0.25, 0.3) is 11.8 Å². The average Bonchev–Trinajstić information content (AvgIpc) is 2.76. The van der Waals surface area contributed by atoms with Crippen LogP contribution < -0.4 is 5.32 Å². The van der Waals surface area contributed by atoms with Gasteiger partial charge in [-0.15, -0.1) is 0 Å². The molecule has 2 aliphatic rings. The molecule has 3 rings (SSSR count). The Kier molecular flexibility index (Phi) is 4.91. The molecule has 144 valence electrons. The highest BCUT2D eigenvalue weighted by Gasteiger charge is 2.40. The minimum absolute atomic E-state index is 0.0209. The van der Waals surface area contributed by atoms with Crippen molar-refractivity contribution < 1.29 is 28.8 Å². The first-order valence-electron chi connectivity index (χ1n) is 8.82. The summed E-state index contributed by atoms with van der Waals surface area (Å²) in [6.45, 7) is 5.35. The van der Waals surface area contributed by atoms with Crippen LogP contribution in [-0.4, -0.2) is 40.6 Å². The molecule has 8 heteroatoms. The van der Waals surface area contributed by atoms with Gasteiger partial charge >= 0.3 is 12.1 Å². The van der Waals surface area contributed by atoms with Crippen molar-refractivity contribution in [1.29, 1.82) is 0 Å². The molecule has 3 amide bonds. The Balaban J connectivity index is 1.44. The summed E-state index contributed by atoms with van der Waals surface area (Å²) in [5, 5.41) is 3.26. The SMILES string of the molecule is CC(C)(C)OC(=O)NC1CC(CC(=O)ON2C(=O)c3ccccc3C2=O)C1. The molecule has 1 N–H and O–H groups in total. The summed E-state index contributed by atoms with van der Waals surface area (Å²) in [7, 11) is 0. The fraction of sp³-hybridized carbons (Fsp3) is 0.474. The number of nitrogens with zero attached hydrogens (tertiary/aromatic N) is 1. The van der Waals surface area contributed by atoms with E-state index in [1.165, 1.54) is 12.1 Å². The van der Waals surface area contributed by atoms with E-state index in [0.29, 0.717) is 17.9 Å². The number of ether oxygens (including phenoxy) is 1. The summed E-state index contributed by atoms with van der Waals surface area (Å²) in [5.74, 6) is -1.90. The number of amides is 3. The number of benzene rings is 1. The van der Waals surface area contributed by atoms with Gasteiger partial charge in [0, 0.05) is 6.04 Å². The molecule has 0 atom stereocenters. The minimum Gasteiger partial charge on any atom is -0.444 e. The van der Waals surface area contributed by atoms with Crippen LogP contribution in [0.1, 0.15) is 60.7 Å². The smallest absolute Gasteiger partial charge is 0.407 e. The van der Waals surface area contributed by atoms with Crippen molar-refractivity contribution >= 4 is 23.9 Å². The number of alkyl carbamates (subject to hydrolysis) is 1. The van der Waals surface area contributed by atoms with Gasteiger partial charge in [-0.1, -0.05) is 17.2 Å². The Morgan fingerprint density at radius 1 is 1.11 bits per heavy atom. The van der Waals surface area contributed by atoms with E-state index < -0.39 is 29.5 Å². The van der Waals surface area contributed by atoms with Crippen LogP contribution in [0.25, 0.3) is 0 Å². The van der Waals surface area contributed by atoms with Gasteiger partial charge in [-0.2, -0.15) is 0 Å². The zero-order chi connectivity index (χ0) is 19.8. The van der Waals surface area contributed by atoms with Crippen molar-refractivity contribution in [2.75, 3.05) is 0 Å². The van der Waals surface area contributed by atoms with Crippen LogP contribution >= 0.6 is 0 Å². The molecular formula is C19H22N2O6. The third-order valence-corrected chi connectivity index (χ3v) is 4.36. The Morgan fingerprint density at radius 3 is 2.19 bits per heavy atom. The highest BCUT2D eigenvalue weighted by atomic mass is 16.7. The Hall–Kier alpha value is -2.90. The van der Waals surface area contributed by atoms with Gasteiger partial charge in [0.05, 0.1) is 17.5 Å². The van der Waals surface area contributed by atoms with Gasteiger partial charge < -0.3 is 14.9 Å². The van der Waals surface area contributed by atoms with Gasteiger partial charge in [0.2, 0.25) is 0 Å². The molecule has 0 saturated heterocycles. The summed E-state index contributed by atoms with van der Waals surface area (Å²) in [6, 6.07) is 6.25. The van der Waals surface area contributed by atoms with E-state index in [1.807, 2.05) is 0 Å². The maximum Gasteiger partial charge on any atom is 0.407 e. The topological polar surface area (TPSA) is 102 Å². The molecule has 0 bridgehead atoms. The predicted octanol–water partition coefficient (Wildman–Crippen LogP) is 2.43. The molecule has 27 heavy (non-hydrogen) atoms. The maximum atomic E-state index is 12.2. The second kappa shape index (κ2) is 7.02. The van der Waals surface area contributed by atoms with Crippen molar-refractivity contribution in [1.82, 2.24) is 10.4 Å². The zero-order valence-electron chi connectivity index (χ0n) is 15.5. The monoisotopic (exact) mass is 374 g/mol. The molecule has 1 saturated carbocycles. The van der Waals surface area contributed by atoms with Crippen molar-refractivity contribution in [2.24, 2.45) is 5.92 Å². The highest BCUT2D eigenvalue weighted by molar-refractivity contribution is 6.20. The standard InChI is InChI=1S/C19H22N2O6/c1-19(2,3)26-18(25)20-12-8-11(9-12)10-15(22)27-21-16(23)13-6-4-5-7-14(13)17(21)24/h4-7,11-12H,8-10H2,1-3H3,(H,20,25). The molecule has 0 spiro atoms. The van der Waals surface area contributed by atoms with E-state index in [9.17, 15) is 19.2 Å². The second-order valence-corrected chi connectivity index (χ2v) is 7.80. The number of nitrogens with one attached hydrogen (secondary N) is 1. The number of hydrogen-bond acceptors (Lipinski definition) is 6. The molecule has 0 unspecified atom stereocenters. The number of carbonyl (C=O) groups excluding carboxylic acids is 4. The van der Waals surface area contributed by atoms with Crippen LogP contribution in [0.15, 0.2) is 24.3 Å². The number of fused-ring (bicyclic) bond motifs is 1. The summed E-state index contributed by atoms with van der Waals surface area (Å²) >= 11 is 0. The van der Waals surface area contributed by atoms with Crippen molar-refractivity contribution in [3.05, 3.63) is 35.4 Å². The van der Waals surface area contributed by atoms with E-state index in [-0.39, 0.29) is 29.5 Å². The third kappa shape index (κ3) is 4.27. The number of hydroxylamine groups is 2. The fourth-order valence-electron chi connectivity index (χ4n) is 3.12. The quantitative estimate of drug-likeness (QED) is 0.812. The maximum absolute atomic E-state index is 12.2. The summed E-state index contributed by atoms with van der Waals surface area (Å²) in [6.07, 6.45) is 0.798. The number of hydrogen-bond donors (Lipinski definition) is 1. The number of imide groups is 1. The first kappa shape index (κ1) is 18.9. The van der Waals surface area contributed by atoms with Crippen LogP contribution in [0.5, 0.6) is 0 Å².